The molecule has 20 heavy (non-hydrogen) atoms. The molecule has 2 rings (SSSR count). The van der Waals surface area contributed by atoms with Crippen molar-refractivity contribution < 1.29 is 4.74 Å². The Morgan fingerprint density at radius 2 is 2.10 bits per heavy atom. The van der Waals surface area contributed by atoms with Gasteiger partial charge >= 0.3 is 0 Å². The maximum atomic E-state index is 5.21. The molecule has 0 saturated carbocycles. The highest BCUT2D eigenvalue weighted by Gasteiger charge is 2.36. The number of nitrogens with one attached hydrogen (secondary N) is 1. The van der Waals surface area contributed by atoms with Crippen LogP contribution in [0.25, 0.3) is 0 Å². The van der Waals surface area contributed by atoms with E-state index in [9.17, 15) is 0 Å². The number of benzene rings is 1. The summed E-state index contributed by atoms with van der Waals surface area (Å²) in [5.74, 6) is 2.26. The molecule has 2 nitrogen and oxygen atoms in total. The predicted octanol–water partition coefficient (Wildman–Crippen LogP) is 3.89. The highest BCUT2D eigenvalue weighted by molar-refractivity contribution is 8.00. The van der Waals surface area contributed by atoms with E-state index in [4.69, 9.17) is 4.74 Å². The van der Waals surface area contributed by atoms with Crippen molar-refractivity contribution in [3.63, 3.8) is 0 Å². The highest BCUT2D eigenvalue weighted by atomic mass is 32.2. The Morgan fingerprint density at radius 1 is 1.35 bits per heavy atom. The van der Waals surface area contributed by atoms with Gasteiger partial charge in [-0.25, -0.2) is 0 Å². The second-order valence-corrected chi connectivity index (χ2v) is 7.39. The van der Waals surface area contributed by atoms with Crippen molar-refractivity contribution in [2.75, 3.05) is 19.4 Å². The minimum absolute atomic E-state index is 0.419. The Morgan fingerprint density at radius 3 is 2.65 bits per heavy atom. The number of methoxy groups -OCH3 is 1. The summed E-state index contributed by atoms with van der Waals surface area (Å²) >= 11 is 2.15. The van der Waals surface area contributed by atoms with Crippen LogP contribution in [0.2, 0.25) is 0 Å². The molecule has 2 unspecified atom stereocenters. The molecule has 1 aliphatic rings. The topological polar surface area (TPSA) is 21.3 Å². The maximum absolute atomic E-state index is 5.21. The minimum Gasteiger partial charge on any atom is -0.497 e. The van der Waals surface area contributed by atoms with E-state index in [0.717, 1.165) is 18.7 Å². The Bertz CT molecular complexity index is 398. The summed E-state index contributed by atoms with van der Waals surface area (Å²) < 4.78 is 5.63. The molecular formula is C17H27NOS. The molecule has 0 aliphatic carbocycles. The Balaban J connectivity index is 1.94. The Hall–Kier alpha value is -0.670. The van der Waals surface area contributed by atoms with Crippen LogP contribution in [0.4, 0.5) is 0 Å². The Labute approximate surface area is 127 Å². The normalized spacial score (nSPS) is 23.8. The monoisotopic (exact) mass is 293 g/mol. The molecule has 1 fully saturated rings. The largest absolute Gasteiger partial charge is 0.497 e. The number of thioether (sulfide) groups is 1. The summed E-state index contributed by atoms with van der Waals surface area (Å²) in [4.78, 5) is 0. The van der Waals surface area contributed by atoms with Gasteiger partial charge in [-0.05, 0) is 62.6 Å². The standard InChI is InChI=1S/C17H27NOS/c1-4-18-16(17(2)12-5-13-20-17)11-8-14-6-9-15(19-3)10-7-14/h6-7,9-10,16,18H,4-5,8,11-13H2,1-3H3. The molecule has 0 spiro atoms. The van der Waals surface area contributed by atoms with Crippen LogP contribution in [0.1, 0.15) is 38.7 Å². The lowest BCUT2D eigenvalue weighted by molar-refractivity contribution is 0.387. The van der Waals surface area contributed by atoms with E-state index in [1.165, 1.54) is 30.6 Å². The predicted molar refractivity (Wildman–Crippen MR) is 88.9 cm³/mol. The molecule has 112 valence electrons. The zero-order valence-electron chi connectivity index (χ0n) is 12.9. The van der Waals surface area contributed by atoms with Crippen molar-refractivity contribution in [1.29, 1.82) is 0 Å². The van der Waals surface area contributed by atoms with Gasteiger partial charge in [0.25, 0.3) is 0 Å². The molecule has 1 heterocycles. The van der Waals surface area contributed by atoms with Crippen molar-refractivity contribution in [1.82, 2.24) is 5.32 Å². The van der Waals surface area contributed by atoms with Crippen LogP contribution in [-0.2, 0) is 6.42 Å². The minimum atomic E-state index is 0.419. The van der Waals surface area contributed by atoms with E-state index in [1.807, 2.05) is 0 Å². The number of ether oxygens (including phenoxy) is 1. The number of hydrogen-bond donors (Lipinski definition) is 1. The van der Waals surface area contributed by atoms with Gasteiger partial charge in [0.05, 0.1) is 7.11 Å². The van der Waals surface area contributed by atoms with Crippen molar-refractivity contribution >= 4 is 11.8 Å². The van der Waals surface area contributed by atoms with E-state index >= 15 is 0 Å². The van der Waals surface area contributed by atoms with Gasteiger partial charge in [-0.1, -0.05) is 19.1 Å². The van der Waals surface area contributed by atoms with Crippen LogP contribution in [0.3, 0.4) is 0 Å². The third-order valence-electron chi connectivity index (χ3n) is 4.32. The average molecular weight is 293 g/mol. The van der Waals surface area contributed by atoms with Gasteiger partial charge in [0.2, 0.25) is 0 Å². The SMILES string of the molecule is CCNC(CCc1ccc(OC)cc1)C1(C)CCCS1. The molecule has 1 saturated heterocycles. The lowest BCUT2D eigenvalue weighted by Gasteiger charge is -2.34. The van der Waals surface area contributed by atoms with E-state index in [0.29, 0.717) is 10.8 Å². The van der Waals surface area contributed by atoms with Gasteiger partial charge in [0.15, 0.2) is 0 Å². The molecule has 1 aromatic carbocycles. The van der Waals surface area contributed by atoms with E-state index in [-0.39, 0.29) is 0 Å². The molecule has 1 aromatic rings. The smallest absolute Gasteiger partial charge is 0.118 e. The molecular weight excluding hydrogens is 266 g/mol. The fourth-order valence-corrected chi connectivity index (χ4v) is 4.49. The third kappa shape index (κ3) is 3.92. The molecule has 2 atom stereocenters. The second-order valence-electron chi connectivity index (χ2n) is 5.76. The summed E-state index contributed by atoms with van der Waals surface area (Å²) in [6.07, 6.45) is 5.06. The first-order valence-electron chi connectivity index (χ1n) is 7.68. The van der Waals surface area contributed by atoms with Gasteiger partial charge in [-0.15, -0.1) is 0 Å². The Kier molecular flexibility index (Phi) is 5.79. The third-order valence-corrected chi connectivity index (χ3v) is 5.96. The van der Waals surface area contributed by atoms with Crippen molar-refractivity contribution in [2.45, 2.75) is 50.3 Å². The van der Waals surface area contributed by atoms with Crippen molar-refractivity contribution in [3.05, 3.63) is 29.8 Å². The van der Waals surface area contributed by atoms with Gasteiger partial charge < -0.3 is 10.1 Å². The van der Waals surface area contributed by atoms with Crippen LogP contribution in [0.15, 0.2) is 24.3 Å². The summed E-state index contributed by atoms with van der Waals surface area (Å²) in [5.41, 5.74) is 1.40. The molecule has 0 aromatic heterocycles. The fraction of sp³-hybridized carbons (Fsp3) is 0.647. The average Bonchev–Trinajstić information content (AvgIpc) is 2.92. The van der Waals surface area contributed by atoms with E-state index in [2.05, 4.69) is 55.2 Å². The summed E-state index contributed by atoms with van der Waals surface area (Å²) in [5, 5.41) is 3.71. The van der Waals surface area contributed by atoms with E-state index < -0.39 is 0 Å². The number of hydrogen-bond acceptors (Lipinski definition) is 3. The molecule has 3 heteroatoms. The molecule has 0 bridgehead atoms. The van der Waals surface area contributed by atoms with Crippen LogP contribution < -0.4 is 10.1 Å². The lowest BCUT2D eigenvalue weighted by atomic mass is 9.91. The van der Waals surface area contributed by atoms with Crippen LogP contribution in [-0.4, -0.2) is 30.2 Å². The number of aryl methyl sites for hydroxylation is 1. The van der Waals surface area contributed by atoms with Crippen LogP contribution >= 0.6 is 11.8 Å². The second kappa shape index (κ2) is 7.37. The van der Waals surface area contributed by atoms with Crippen molar-refractivity contribution in [2.24, 2.45) is 0 Å². The fourth-order valence-electron chi connectivity index (χ4n) is 3.05. The summed E-state index contributed by atoms with van der Waals surface area (Å²) in [7, 11) is 1.72. The van der Waals surface area contributed by atoms with Crippen LogP contribution in [0.5, 0.6) is 5.75 Å². The first-order valence-corrected chi connectivity index (χ1v) is 8.67. The first-order chi connectivity index (χ1) is 9.68. The maximum Gasteiger partial charge on any atom is 0.118 e. The van der Waals surface area contributed by atoms with Crippen LogP contribution in [0, 0.1) is 0 Å². The zero-order chi connectivity index (χ0) is 14.4. The molecule has 1 N–H and O–H groups in total. The van der Waals surface area contributed by atoms with E-state index in [1.54, 1.807) is 7.11 Å². The summed E-state index contributed by atoms with van der Waals surface area (Å²) in [6, 6.07) is 9.10. The summed E-state index contributed by atoms with van der Waals surface area (Å²) in [6.45, 7) is 5.71. The molecule has 1 aliphatic heterocycles. The molecule has 0 amide bonds. The van der Waals surface area contributed by atoms with Gasteiger partial charge in [-0.2, -0.15) is 11.8 Å². The lowest BCUT2D eigenvalue weighted by Crippen LogP contribution is -2.45. The quantitative estimate of drug-likeness (QED) is 0.824. The van der Waals surface area contributed by atoms with Crippen molar-refractivity contribution in [3.8, 4) is 5.75 Å². The van der Waals surface area contributed by atoms with Gasteiger partial charge in [0, 0.05) is 10.8 Å². The molecule has 0 radical (unpaired) electrons. The first kappa shape index (κ1) is 15.7. The van der Waals surface area contributed by atoms with Gasteiger partial charge in [-0.3, -0.25) is 0 Å². The highest BCUT2D eigenvalue weighted by Crippen LogP contribution is 2.41. The zero-order valence-corrected chi connectivity index (χ0v) is 13.8. The number of rotatable bonds is 7. The van der Waals surface area contributed by atoms with Gasteiger partial charge in [0.1, 0.15) is 5.75 Å².